The summed E-state index contributed by atoms with van der Waals surface area (Å²) in [5.74, 6) is 1.35. The summed E-state index contributed by atoms with van der Waals surface area (Å²) in [5.41, 5.74) is 0. The Bertz CT molecular complexity index is 136. The molecule has 1 fully saturated rings. The third-order valence-corrected chi connectivity index (χ3v) is 3.73. The largest absolute Gasteiger partial charge is 0.314 e. The van der Waals surface area contributed by atoms with E-state index in [9.17, 15) is 0 Å². The van der Waals surface area contributed by atoms with E-state index in [0.29, 0.717) is 0 Å². The molecule has 1 rings (SSSR count). The van der Waals surface area contributed by atoms with Gasteiger partial charge < -0.3 is 10.2 Å². The Kier molecular flexibility index (Phi) is 8.44. The van der Waals surface area contributed by atoms with Crippen molar-refractivity contribution in [3.8, 4) is 0 Å². The second-order valence-corrected chi connectivity index (χ2v) is 5.34. The van der Waals surface area contributed by atoms with Gasteiger partial charge in [0, 0.05) is 26.2 Å². The highest BCUT2D eigenvalue weighted by molar-refractivity contribution is 7.98. The number of rotatable bonds is 8. The van der Waals surface area contributed by atoms with Crippen molar-refractivity contribution in [1.29, 1.82) is 0 Å². The van der Waals surface area contributed by atoms with Gasteiger partial charge in [-0.3, -0.25) is 0 Å². The molecule has 0 bridgehead atoms. The highest BCUT2D eigenvalue weighted by atomic mass is 32.2. The van der Waals surface area contributed by atoms with Crippen LogP contribution in [0.3, 0.4) is 0 Å². The van der Waals surface area contributed by atoms with Gasteiger partial charge in [0.15, 0.2) is 0 Å². The quantitative estimate of drug-likeness (QED) is 0.644. The van der Waals surface area contributed by atoms with E-state index in [0.717, 1.165) is 0 Å². The Morgan fingerprint density at radius 3 is 2.40 bits per heavy atom. The molecule has 1 aliphatic rings. The number of hydrogen-bond donors (Lipinski definition) is 1. The molecular formula is C12H26N2S. The van der Waals surface area contributed by atoms with Gasteiger partial charge in [0.05, 0.1) is 0 Å². The Morgan fingerprint density at radius 2 is 1.67 bits per heavy atom. The first-order chi connectivity index (χ1) is 7.43. The summed E-state index contributed by atoms with van der Waals surface area (Å²) >= 11 is 1.97. The smallest absolute Gasteiger partial charge is 0.0107 e. The van der Waals surface area contributed by atoms with E-state index in [-0.39, 0.29) is 0 Å². The van der Waals surface area contributed by atoms with Crippen LogP contribution in [0.5, 0.6) is 0 Å². The Morgan fingerprint density at radius 1 is 1.00 bits per heavy atom. The average molecular weight is 230 g/mol. The number of piperazine rings is 1. The molecule has 0 aliphatic carbocycles. The molecule has 0 amide bonds. The second-order valence-electron chi connectivity index (χ2n) is 4.35. The van der Waals surface area contributed by atoms with Gasteiger partial charge >= 0.3 is 0 Å². The third kappa shape index (κ3) is 7.20. The van der Waals surface area contributed by atoms with Gasteiger partial charge in [-0.25, -0.2) is 0 Å². The molecule has 2 nitrogen and oxygen atoms in total. The first-order valence-electron chi connectivity index (χ1n) is 6.35. The fourth-order valence-electron chi connectivity index (χ4n) is 2.05. The zero-order valence-electron chi connectivity index (χ0n) is 10.1. The monoisotopic (exact) mass is 230 g/mol. The minimum atomic E-state index is 1.19. The first kappa shape index (κ1) is 13.3. The van der Waals surface area contributed by atoms with Crippen LogP contribution in [0.15, 0.2) is 0 Å². The summed E-state index contributed by atoms with van der Waals surface area (Å²) in [6, 6.07) is 0. The van der Waals surface area contributed by atoms with Crippen molar-refractivity contribution >= 4 is 11.8 Å². The molecule has 0 aromatic rings. The van der Waals surface area contributed by atoms with E-state index in [1.165, 1.54) is 70.6 Å². The van der Waals surface area contributed by atoms with Crippen LogP contribution in [0.4, 0.5) is 0 Å². The lowest BCUT2D eigenvalue weighted by molar-refractivity contribution is 0.236. The van der Waals surface area contributed by atoms with E-state index in [1.54, 1.807) is 0 Å². The Labute approximate surface area is 99.2 Å². The molecular weight excluding hydrogens is 204 g/mol. The molecule has 1 aliphatic heterocycles. The lowest BCUT2D eigenvalue weighted by Crippen LogP contribution is -2.43. The van der Waals surface area contributed by atoms with E-state index in [1.807, 2.05) is 11.8 Å². The zero-order chi connectivity index (χ0) is 10.8. The minimum Gasteiger partial charge on any atom is -0.314 e. The minimum absolute atomic E-state index is 1.19. The highest BCUT2D eigenvalue weighted by Gasteiger charge is 2.07. The molecule has 0 saturated carbocycles. The predicted octanol–water partition coefficient (Wildman–Crippen LogP) is 2.21. The summed E-state index contributed by atoms with van der Waals surface area (Å²) in [4.78, 5) is 2.60. The molecule has 1 saturated heterocycles. The Hall–Kier alpha value is 0.270. The third-order valence-electron chi connectivity index (χ3n) is 3.03. The van der Waals surface area contributed by atoms with E-state index < -0.39 is 0 Å². The molecule has 0 aromatic heterocycles. The van der Waals surface area contributed by atoms with Crippen LogP contribution < -0.4 is 5.32 Å². The molecule has 3 heteroatoms. The van der Waals surface area contributed by atoms with Gasteiger partial charge in [-0.15, -0.1) is 0 Å². The van der Waals surface area contributed by atoms with E-state index in [4.69, 9.17) is 0 Å². The van der Waals surface area contributed by atoms with Gasteiger partial charge in [0.25, 0.3) is 0 Å². The molecule has 0 radical (unpaired) electrons. The van der Waals surface area contributed by atoms with Crippen LogP contribution in [0.2, 0.25) is 0 Å². The molecule has 1 heterocycles. The standard InChI is InChI=1S/C12H26N2S/c1-15-12-6-4-2-3-5-9-14-10-7-13-8-11-14/h13H,2-12H2,1H3. The first-order valence-corrected chi connectivity index (χ1v) is 7.75. The van der Waals surface area contributed by atoms with Crippen molar-refractivity contribution in [2.45, 2.75) is 32.1 Å². The van der Waals surface area contributed by atoms with Crippen molar-refractivity contribution in [3.63, 3.8) is 0 Å². The van der Waals surface area contributed by atoms with Crippen LogP contribution >= 0.6 is 11.8 Å². The fourth-order valence-corrected chi connectivity index (χ4v) is 2.54. The van der Waals surface area contributed by atoms with Crippen LogP contribution in [0, 0.1) is 0 Å². The van der Waals surface area contributed by atoms with Gasteiger partial charge in [-0.1, -0.05) is 19.3 Å². The van der Waals surface area contributed by atoms with Gasteiger partial charge in [-0.05, 0) is 31.4 Å². The molecule has 0 spiro atoms. The molecule has 15 heavy (non-hydrogen) atoms. The van der Waals surface area contributed by atoms with E-state index >= 15 is 0 Å². The van der Waals surface area contributed by atoms with Crippen molar-refractivity contribution in [1.82, 2.24) is 10.2 Å². The highest BCUT2D eigenvalue weighted by Crippen LogP contribution is 2.07. The number of thioether (sulfide) groups is 1. The van der Waals surface area contributed by atoms with Crippen molar-refractivity contribution in [3.05, 3.63) is 0 Å². The average Bonchev–Trinajstić information content (AvgIpc) is 2.29. The maximum absolute atomic E-state index is 3.40. The molecule has 90 valence electrons. The number of unbranched alkanes of at least 4 members (excludes halogenated alkanes) is 4. The predicted molar refractivity (Wildman–Crippen MR) is 70.8 cm³/mol. The van der Waals surface area contributed by atoms with Gasteiger partial charge in [-0.2, -0.15) is 11.8 Å². The number of hydrogen-bond acceptors (Lipinski definition) is 3. The molecule has 0 atom stereocenters. The van der Waals surface area contributed by atoms with Crippen molar-refractivity contribution in [2.24, 2.45) is 0 Å². The maximum atomic E-state index is 3.40. The number of nitrogens with zero attached hydrogens (tertiary/aromatic N) is 1. The van der Waals surface area contributed by atoms with Crippen LogP contribution in [-0.4, -0.2) is 49.6 Å². The lowest BCUT2D eigenvalue weighted by atomic mass is 10.1. The van der Waals surface area contributed by atoms with Crippen molar-refractivity contribution in [2.75, 3.05) is 44.7 Å². The molecule has 1 N–H and O–H groups in total. The topological polar surface area (TPSA) is 15.3 Å². The zero-order valence-corrected chi connectivity index (χ0v) is 11.0. The van der Waals surface area contributed by atoms with Crippen molar-refractivity contribution < 1.29 is 0 Å². The van der Waals surface area contributed by atoms with Crippen LogP contribution in [0.25, 0.3) is 0 Å². The summed E-state index contributed by atoms with van der Waals surface area (Å²) in [6.07, 6.45) is 9.31. The fraction of sp³-hybridized carbons (Fsp3) is 1.00. The summed E-state index contributed by atoms with van der Waals surface area (Å²) in [6.45, 7) is 6.21. The van der Waals surface area contributed by atoms with Crippen LogP contribution in [-0.2, 0) is 0 Å². The second kappa shape index (κ2) is 9.49. The Balaban J connectivity index is 1.79. The lowest BCUT2D eigenvalue weighted by Gasteiger charge is -2.26. The maximum Gasteiger partial charge on any atom is 0.0107 e. The van der Waals surface area contributed by atoms with Gasteiger partial charge in [0.1, 0.15) is 0 Å². The summed E-state index contributed by atoms with van der Waals surface area (Å²) in [5, 5.41) is 3.40. The molecule has 0 aromatic carbocycles. The summed E-state index contributed by atoms with van der Waals surface area (Å²) < 4.78 is 0. The molecule has 0 unspecified atom stereocenters. The SMILES string of the molecule is CSCCCCCCCN1CCNCC1. The number of nitrogens with one attached hydrogen (secondary N) is 1. The normalized spacial score (nSPS) is 18.2. The van der Waals surface area contributed by atoms with Crippen LogP contribution in [0.1, 0.15) is 32.1 Å². The van der Waals surface area contributed by atoms with E-state index in [2.05, 4.69) is 16.5 Å². The summed E-state index contributed by atoms with van der Waals surface area (Å²) in [7, 11) is 0. The van der Waals surface area contributed by atoms with Gasteiger partial charge in [0.2, 0.25) is 0 Å².